The number of ether oxygens (including phenoxy) is 1. The Labute approximate surface area is 134 Å². The molecular weight excluding hydrogens is 294 g/mol. The second kappa shape index (κ2) is 6.96. The van der Waals surface area contributed by atoms with E-state index in [1.165, 1.54) is 0 Å². The van der Waals surface area contributed by atoms with Crippen LogP contribution in [0.2, 0.25) is 0 Å². The number of hydrogen-bond donors (Lipinski definition) is 2. The zero-order valence-electron chi connectivity index (χ0n) is 13.3. The lowest BCUT2D eigenvalue weighted by Crippen LogP contribution is -2.23. The zero-order valence-corrected chi connectivity index (χ0v) is 13.3. The summed E-state index contributed by atoms with van der Waals surface area (Å²) in [5.41, 5.74) is 2.77. The van der Waals surface area contributed by atoms with Crippen LogP contribution in [0.1, 0.15) is 37.4 Å². The molecule has 0 bridgehead atoms. The third-order valence-electron chi connectivity index (χ3n) is 3.60. The van der Waals surface area contributed by atoms with E-state index < -0.39 is 5.97 Å². The molecule has 0 aromatic heterocycles. The summed E-state index contributed by atoms with van der Waals surface area (Å²) in [6, 6.07) is 10.6. The Morgan fingerprint density at radius 3 is 2.35 bits per heavy atom. The van der Waals surface area contributed by atoms with Crippen molar-refractivity contribution < 1.29 is 19.4 Å². The summed E-state index contributed by atoms with van der Waals surface area (Å²) >= 11 is 0. The molecule has 0 radical (unpaired) electrons. The van der Waals surface area contributed by atoms with Crippen molar-refractivity contribution in [1.29, 1.82) is 0 Å². The Morgan fingerprint density at radius 2 is 1.78 bits per heavy atom. The number of carbonyl (C=O) groups is 2. The summed E-state index contributed by atoms with van der Waals surface area (Å²) in [4.78, 5) is 23.5. The third-order valence-corrected chi connectivity index (χ3v) is 3.60. The highest BCUT2D eigenvalue weighted by Crippen LogP contribution is 2.17. The standard InChI is InChI=1S/C18H19NO4/c1-11-7-14(8-12(2)16(11)18(21)22)17(20)19-10-13-5-4-6-15(9-13)23-3/h4-9H,10H2,1-3H3,(H,19,20)(H,21,22). The number of aryl methyl sites for hydroxylation is 2. The number of methoxy groups -OCH3 is 1. The van der Waals surface area contributed by atoms with Gasteiger partial charge in [-0.2, -0.15) is 0 Å². The molecule has 0 unspecified atom stereocenters. The van der Waals surface area contributed by atoms with E-state index in [4.69, 9.17) is 9.84 Å². The van der Waals surface area contributed by atoms with Crippen LogP contribution >= 0.6 is 0 Å². The van der Waals surface area contributed by atoms with E-state index in [0.717, 1.165) is 11.3 Å². The largest absolute Gasteiger partial charge is 0.497 e. The number of amides is 1. The van der Waals surface area contributed by atoms with Gasteiger partial charge in [0.05, 0.1) is 12.7 Å². The molecule has 1 amide bonds. The maximum absolute atomic E-state index is 12.3. The minimum Gasteiger partial charge on any atom is -0.497 e. The summed E-state index contributed by atoms with van der Waals surface area (Å²) in [7, 11) is 1.59. The van der Waals surface area contributed by atoms with E-state index in [9.17, 15) is 9.59 Å². The van der Waals surface area contributed by atoms with Crippen LogP contribution in [0, 0.1) is 13.8 Å². The van der Waals surface area contributed by atoms with Gasteiger partial charge in [-0.1, -0.05) is 12.1 Å². The molecule has 0 saturated carbocycles. The van der Waals surface area contributed by atoms with Crippen molar-refractivity contribution in [1.82, 2.24) is 5.32 Å². The molecule has 5 nitrogen and oxygen atoms in total. The number of carboxylic acid groups (broad SMARTS) is 1. The molecule has 23 heavy (non-hydrogen) atoms. The van der Waals surface area contributed by atoms with Crippen LogP contribution in [0.5, 0.6) is 5.75 Å². The van der Waals surface area contributed by atoms with Crippen LogP contribution < -0.4 is 10.1 Å². The molecule has 0 aliphatic rings. The number of carboxylic acids is 1. The summed E-state index contributed by atoms with van der Waals surface area (Å²) in [6.45, 7) is 3.75. The second-order valence-corrected chi connectivity index (χ2v) is 5.32. The summed E-state index contributed by atoms with van der Waals surface area (Å²) in [5.74, 6) is -0.492. The zero-order chi connectivity index (χ0) is 17.0. The van der Waals surface area contributed by atoms with E-state index >= 15 is 0 Å². The van der Waals surface area contributed by atoms with Crippen molar-refractivity contribution in [2.45, 2.75) is 20.4 Å². The molecule has 0 fully saturated rings. The van der Waals surface area contributed by atoms with Crippen molar-refractivity contribution in [3.63, 3.8) is 0 Å². The van der Waals surface area contributed by atoms with Crippen LogP contribution in [0.3, 0.4) is 0 Å². The van der Waals surface area contributed by atoms with E-state index in [1.54, 1.807) is 33.1 Å². The van der Waals surface area contributed by atoms with Gasteiger partial charge in [-0.3, -0.25) is 4.79 Å². The van der Waals surface area contributed by atoms with Crippen molar-refractivity contribution in [3.05, 3.63) is 64.2 Å². The van der Waals surface area contributed by atoms with Crippen LogP contribution in [-0.4, -0.2) is 24.1 Å². The quantitative estimate of drug-likeness (QED) is 0.890. The predicted octanol–water partition coefficient (Wildman–Crippen LogP) is 2.94. The molecular formula is C18H19NO4. The minimum atomic E-state index is -0.983. The fourth-order valence-corrected chi connectivity index (χ4v) is 2.50. The number of benzene rings is 2. The van der Waals surface area contributed by atoms with E-state index in [2.05, 4.69) is 5.32 Å². The Morgan fingerprint density at radius 1 is 1.13 bits per heavy atom. The highest BCUT2D eigenvalue weighted by atomic mass is 16.5. The van der Waals surface area contributed by atoms with Gasteiger partial charge < -0.3 is 15.2 Å². The molecule has 120 valence electrons. The van der Waals surface area contributed by atoms with Gasteiger partial charge in [0.1, 0.15) is 5.75 Å². The first-order chi connectivity index (χ1) is 10.9. The van der Waals surface area contributed by atoms with Crippen molar-refractivity contribution in [2.75, 3.05) is 7.11 Å². The fraction of sp³-hybridized carbons (Fsp3) is 0.222. The normalized spacial score (nSPS) is 10.2. The van der Waals surface area contributed by atoms with Crippen LogP contribution in [0.25, 0.3) is 0 Å². The molecule has 0 atom stereocenters. The van der Waals surface area contributed by atoms with Gasteiger partial charge in [-0.25, -0.2) is 4.79 Å². The Hall–Kier alpha value is -2.82. The van der Waals surface area contributed by atoms with Gasteiger partial charge in [-0.05, 0) is 54.8 Å². The Bertz CT molecular complexity index is 729. The van der Waals surface area contributed by atoms with Crippen LogP contribution in [0.4, 0.5) is 0 Å². The number of carbonyl (C=O) groups excluding carboxylic acids is 1. The highest BCUT2D eigenvalue weighted by Gasteiger charge is 2.15. The SMILES string of the molecule is COc1cccc(CNC(=O)c2cc(C)c(C(=O)O)c(C)c2)c1. The minimum absolute atomic E-state index is 0.240. The van der Waals surface area contributed by atoms with Crippen molar-refractivity contribution in [2.24, 2.45) is 0 Å². The molecule has 0 spiro atoms. The molecule has 2 N–H and O–H groups in total. The van der Waals surface area contributed by atoms with Crippen molar-refractivity contribution in [3.8, 4) is 5.75 Å². The first-order valence-electron chi connectivity index (χ1n) is 7.18. The number of hydrogen-bond acceptors (Lipinski definition) is 3. The fourth-order valence-electron chi connectivity index (χ4n) is 2.50. The van der Waals surface area contributed by atoms with Gasteiger partial charge in [0.2, 0.25) is 0 Å². The molecule has 5 heteroatoms. The molecule has 2 rings (SSSR count). The van der Waals surface area contributed by atoms with Crippen LogP contribution in [-0.2, 0) is 6.54 Å². The lowest BCUT2D eigenvalue weighted by Gasteiger charge is -2.10. The molecule has 0 aliphatic heterocycles. The number of rotatable bonds is 5. The molecule has 2 aromatic carbocycles. The first-order valence-corrected chi connectivity index (χ1v) is 7.18. The maximum Gasteiger partial charge on any atom is 0.336 e. The van der Waals surface area contributed by atoms with Gasteiger partial charge in [-0.15, -0.1) is 0 Å². The Balaban J connectivity index is 2.13. The molecule has 0 saturated heterocycles. The van der Waals surface area contributed by atoms with E-state index in [1.807, 2.05) is 24.3 Å². The van der Waals surface area contributed by atoms with Crippen LogP contribution in [0.15, 0.2) is 36.4 Å². The third kappa shape index (κ3) is 3.88. The maximum atomic E-state index is 12.3. The van der Waals surface area contributed by atoms with Gasteiger partial charge >= 0.3 is 5.97 Å². The summed E-state index contributed by atoms with van der Waals surface area (Å²) < 4.78 is 5.15. The molecule has 0 heterocycles. The average molecular weight is 313 g/mol. The first kappa shape index (κ1) is 16.5. The van der Waals surface area contributed by atoms with Gasteiger partial charge in [0.25, 0.3) is 5.91 Å². The average Bonchev–Trinajstić information content (AvgIpc) is 2.51. The number of aromatic carboxylic acids is 1. The lowest BCUT2D eigenvalue weighted by molar-refractivity contribution is 0.0694. The molecule has 2 aromatic rings. The van der Waals surface area contributed by atoms with E-state index in [-0.39, 0.29) is 11.5 Å². The number of nitrogens with one attached hydrogen (secondary N) is 1. The summed E-state index contributed by atoms with van der Waals surface area (Å²) in [5, 5.41) is 12.0. The topological polar surface area (TPSA) is 75.6 Å². The monoisotopic (exact) mass is 313 g/mol. The second-order valence-electron chi connectivity index (χ2n) is 5.32. The lowest BCUT2D eigenvalue weighted by atomic mass is 9.99. The summed E-state index contributed by atoms with van der Waals surface area (Å²) in [6.07, 6.45) is 0. The molecule has 0 aliphatic carbocycles. The van der Waals surface area contributed by atoms with Gasteiger partial charge in [0.15, 0.2) is 0 Å². The smallest absolute Gasteiger partial charge is 0.336 e. The highest BCUT2D eigenvalue weighted by molar-refractivity contribution is 5.97. The van der Waals surface area contributed by atoms with Crippen molar-refractivity contribution >= 4 is 11.9 Å². The Kier molecular flexibility index (Phi) is 5.01. The van der Waals surface area contributed by atoms with E-state index in [0.29, 0.717) is 23.2 Å². The van der Waals surface area contributed by atoms with Gasteiger partial charge in [0, 0.05) is 12.1 Å². The predicted molar refractivity (Wildman–Crippen MR) is 87.0 cm³/mol.